The number of hydrogen-bond donors (Lipinski definition) is 0. The smallest absolute Gasteiger partial charge is 0.303 e. The van der Waals surface area contributed by atoms with Gasteiger partial charge in [-0.2, -0.15) is 0 Å². The van der Waals surface area contributed by atoms with Crippen molar-refractivity contribution in [2.45, 2.75) is 26.6 Å². The van der Waals surface area contributed by atoms with E-state index in [2.05, 4.69) is 6.58 Å². The van der Waals surface area contributed by atoms with Crippen molar-refractivity contribution in [3.8, 4) is 0 Å². The Labute approximate surface area is 102 Å². The first kappa shape index (κ1) is 13.5. The zero-order valence-corrected chi connectivity index (χ0v) is 10.3. The molecule has 1 rings (SSSR count). The van der Waals surface area contributed by atoms with E-state index >= 15 is 0 Å². The summed E-state index contributed by atoms with van der Waals surface area (Å²) in [7, 11) is 0. The maximum Gasteiger partial charge on any atom is 0.303 e. The summed E-state index contributed by atoms with van der Waals surface area (Å²) < 4.78 is 10.6. The quantitative estimate of drug-likeness (QED) is 0.561. The van der Waals surface area contributed by atoms with Gasteiger partial charge in [0.15, 0.2) is 0 Å². The second-order valence-corrected chi connectivity index (χ2v) is 3.95. The van der Waals surface area contributed by atoms with Crippen molar-refractivity contribution >= 4 is 5.97 Å². The minimum absolute atomic E-state index is 0.318. The van der Waals surface area contributed by atoms with Gasteiger partial charge in [-0.05, 0) is 18.1 Å². The SMILES string of the molecule is C=C(C)[C@H](COCc1ccccc1)OC(C)=O. The standard InChI is InChI=1S/C14H18O3/c1-11(2)14(17-12(3)15)10-16-9-13-7-5-4-6-8-13/h4-8,14H,1,9-10H2,2-3H3/t14-/m0/s1. The average Bonchev–Trinajstić information content (AvgIpc) is 2.28. The lowest BCUT2D eigenvalue weighted by Crippen LogP contribution is -2.23. The monoisotopic (exact) mass is 234 g/mol. The third kappa shape index (κ3) is 5.31. The Kier molecular flexibility index (Phi) is 5.43. The van der Waals surface area contributed by atoms with E-state index in [1.165, 1.54) is 6.92 Å². The molecule has 0 aromatic heterocycles. The van der Waals surface area contributed by atoms with Crippen LogP contribution < -0.4 is 0 Å². The number of rotatable bonds is 6. The highest BCUT2D eigenvalue weighted by Gasteiger charge is 2.12. The first-order valence-corrected chi connectivity index (χ1v) is 5.54. The zero-order chi connectivity index (χ0) is 12.7. The predicted octanol–water partition coefficient (Wildman–Crippen LogP) is 2.71. The molecule has 0 heterocycles. The Bertz CT molecular complexity index is 370. The number of ether oxygens (including phenoxy) is 2. The van der Waals surface area contributed by atoms with Gasteiger partial charge in [0.25, 0.3) is 0 Å². The topological polar surface area (TPSA) is 35.5 Å². The van der Waals surface area contributed by atoms with Gasteiger partial charge in [0, 0.05) is 6.92 Å². The Balaban J connectivity index is 2.37. The van der Waals surface area contributed by atoms with Crippen molar-refractivity contribution in [1.29, 1.82) is 0 Å². The van der Waals surface area contributed by atoms with Crippen LogP contribution in [0.4, 0.5) is 0 Å². The predicted molar refractivity (Wildman–Crippen MR) is 66.5 cm³/mol. The molecule has 0 spiro atoms. The van der Waals surface area contributed by atoms with Gasteiger partial charge in [-0.3, -0.25) is 4.79 Å². The second kappa shape index (κ2) is 6.86. The van der Waals surface area contributed by atoms with E-state index in [1.54, 1.807) is 0 Å². The van der Waals surface area contributed by atoms with Gasteiger partial charge in [0.1, 0.15) is 6.10 Å². The molecule has 0 fully saturated rings. The molecule has 0 aliphatic rings. The van der Waals surface area contributed by atoms with Crippen molar-refractivity contribution in [1.82, 2.24) is 0 Å². The van der Waals surface area contributed by atoms with Crippen LogP contribution in [0.2, 0.25) is 0 Å². The van der Waals surface area contributed by atoms with E-state index in [0.29, 0.717) is 13.2 Å². The number of hydrogen-bond acceptors (Lipinski definition) is 3. The van der Waals surface area contributed by atoms with Gasteiger partial charge in [0.05, 0.1) is 13.2 Å². The molecule has 0 amide bonds. The van der Waals surface area contributed by atoms with Gasteiger partial charge < -0.3 is 9.47 Å². The lowest BCUT2D eigenvalue weighted by atomic mass is 10.2. The minimum atomic E-state index is -0.365. The maximum atomic E-state index is 10.9. The fourth-order valence-electron chi connectivity index (χ4n) is 1.34. The fraction of sp³-hybridized carbons (Fsp3) is 0.357. The van der Waals surface area contributed by atoms with Gasteiger partial charge in [-0.1, -0.05) is 36.9 Å². The Hall–Kier alpha value is -1.61. The summed E-state index contributed by atoms with van der Waals surface area (Å²) in [5.41, 5.74) is 1.88. The van der Waals surface area contributed by atoms with Crippen molar-refractivity contribution in [3.63, 3.8) is 0 Å². The maximum absolute atomic E-state index is 10.9. The van der Waals surface area contributed by atoms with E-state index < -0.39 is 0 Å². The Morgan fingerprint density at radius 1 is 1.29 bits per heavy atom. The van der Waals surface area contributed by atoms with Crippen LogP contribution in [0, 0.1) is 0 Å². The molecular formula is C14H18O3. The molecule has 0 N–H and O–H groups in total. The van der Waals surface area contributed by atoms with Crippen LogP contribution in [-0.4, -0.2) is 18.7 Å². The normalized spacial score (nSPS) is 11.9. The molecule has 0 radical (unpaired) electrons. The van der Waals surface area contributed by atoms with Gasteiger partial charge in [-0.15, -0.1) is 0 Å². The third-order valence-electron chi connectivity index (χ3n) is 2.24. The first-order valence-electron chi connectivity index (χ1n) is 5.54. The number of benzene rings is 1. The highest BCUT2D eigenvalue weighted by molar-refractivity contribution is 5.66. The molecule has 1 aromatic rings. The van der Waals surface area contributed by atoms with Crippen molar-refractivity contribution in [3.05, 3.63) is 48.0 Å². The number of esters is 1. The number of carbonyl (C=O) groups excluding carboxylic acids is 1. The molecule has 3 nitrogen and oxygen atoms in total. The lowest BCUT2D eigenvalue weighted by Gasteiger charge is -2.17. The van der Waals surface area contributed by atoms with Crippen LogP contribution in [0.3, 0.4) is 0 Å². The zero-order valence-electron chi connectivity index (χ0n) is 10.3. The average molecular weight is 234 g/mol. The molecule has 1 atom stereocenters. The summed E-state index contributed by atoms with van der Waals surface area (Å²) in [6.07, 6.45) is -0.365. The van der Waals surface area contributed by atoms with Crippen LogP contribution >= 0.6 is 0 Å². The first-order chi connectivity index (χ1) is 8.09. The van der Waals surface area contributed by atoms with E-state index in [1.807, 2.05) is 37.3 Å². The lowest BCUT2D eigenvalue weighted by molar-refractivity contribution is -0.147. The second-order valence-electron chi connectivity index (χ2n) is 3.95. The number of carbonyl (C=O) groups is 1. The fourth-order valence-corrected chi connectivity index (χ4v) is 1.34. The van der Waals surface area contributed by atoms with E-state index in [-0.39, 0.29) is 12.1 Å². The van der Waals surface area contributed by atoms with Gasteiger partial charge >= 0.3 is 5.97 Å². The molecule has 92 valence electrons. The minimum Gasteiger partial charge on any atom is -0.456 e. The molecule has 1 aromatic carbocycles. The Morgan fingerprint density at radius 2 is 1.94 bits per heavy atom. The van der Waals surface area contributed by atoms with Crippen molar-refractivity contribution in [2.75, 3.05) is 6.61 Å². The van der Waals surface area contributed by atoms with Gasteiger partial charge in [-0.25, -0.2) is 0 Å². The molecule has 17 heavy (non-hydrogen) atoms. The van der Waals surface area contributed by atoms with Crippen LogP contribution in [0.5, 0.6) is 0 Å². The molecule has 3 heteroatoms. The molecule has 0 saturated carbocycles. The summed E-state index contributed by atoms with van der Waals surface area (Å²) >= 11 is 0. The van der Waals surface area contributed by atoms with Crippen LogP contribution in [0.25, 0.3) is 0 Å². The molecule has 0 aliphatic carbocycles. The molecule has 0 saturated heterocycles. The van der Waals surface area contributed by atoms with Crippen LogP contribution in [0.1, 0.15) is 19.4 Å². The summed E-state index contributed by atoms with van der Waals surface area (Å²) in [6, 6.07) is 9.85. The van der Waals surface area contributed by atoms with E-state index in [4.69, 9.17) is 9.47 Å². The Morgan fingerprint density at radius 3 is 2.47 bits per heavy atom. The summed E-state index contributed by atoms with van der Waals surface area (Å²) in [5.74, 6) is -0.318. The van der Waals surface area contributed by atoms with Crippen LogP contribution in [-0.2, 0) is 20.9 Å². The molecule has 0 bridgehead atoms. The highest BCUT2D eigenvalue weighted by Crippen LogP contribution is 2.07. The van der Waals surface area contributed by atoms with Crippen molar-refractivity contribution in [2.24, 2.45) is 0 Å². The summed E-state index contributed by atoms with van der Waals surface area (Å²) in [6.45, 7) is 7.82. The molecule has 0 aliphatic heterocycles. The van der Waals surface area contributed by atoms with Crippen LogP contribution in [0.15, 0.2) is 42.5 Å². The molecule has 0 unspecified atom stereocenters. The van der Waals surface area contributed by atoms with Crippen molar-refractivity contribution < 1.29 is 14.3 Å². The van der Waals surface area contributed by atoms with E-state index in [9.17, 15) is 4.79 Å². The largest absolute Gasteiger partial charge is 0.456 e. The summed E-state index contributed by atoms with van der Waals surface area (Å²) in [5, 5.41) is 0. The summed E-state index contributed by atoms with van der Waals surface area (Å²) in [4.78, 5) is 10.9. The van der Waals surface area contributed by atoms with Gasteiger partial charge in [0.2, 0.25) is 0 Å². The third-order valence-corrected chi connectivity index (χ3v) is 2.24. The van der Waals surface area contributed by atoms with E-state index in [0.717, 1.165) is 11.1 Å². The highest BCUT2D eigenvalue weighted by atomic mass is 16.6. The molecular weight excluding hydrogens is 216 g/mol.